The molecule has 0 aliphatic carbocycles. The van der Waals surface area contributed by atoms with Crippen LogP contribution in [-0.2, 0) is 12.7 Å². The summed E-state index contributed by atoms with van der Waals surface area (Å²) in [6.07, 6.45) is -4.38. The van der Waals surface area contributed by atoms with E-state index in [0.29, 0.717) is 12.1 Å². The highest BCUT2D eigenvalue weighted by atomic mass is 19.4. The van der Waals surface area contributed by atoms with Gasteiger partial charge < -0.3 is 5.73 Å². The summed E-state index contributed by atoms with van der Waals surface area (Å²) in [5, 5.41) is 7.56. The lowest BCUT2D eigenvalue weighted by molar-refractivity contribution is -0.137. The molecule has 0 aliphatic rings. The van der Waals surface area contributed by atoms with E-state index in [2.05, 4.69) is 10.3 Å². The summed E-state index contributed by atoms with van der Waals surface area (Å²) in [6, 6.07) is 4.86. The van der Waals surface area contributed by atoms with Crippen LogP contribution in [0, 0.1) is 0 Å². The van der Waals surface area contributed by atoms with Crippen LogP contribution < -0.4 is 5.73 Å². The number of hydrogen-bond acceptors (Lipinski definition) is 3. The molecule has 4 nitrogen and oxygen atoms in total. The standard InChI is InChI=1S/C11H11F3N4/c1-2-18-10(15)9(16-17-18)7-4-3-5-8(6-7)11(12,13)14/h3-6H,2,15H2,1H3. The van der Waals surface area contributed by atoms with Crippen LogP contribution in [0.1, 0.15) is 12.5 Å². The van der Waals surface area contributed by atoms with Gasteiger partial charge in [-0.15, -0.1) is 5.10 Å². The van der Waals surface area contributed by atoms with E-state index in [1.807, 2.05) is 6.92 Å². The van der Waals surface area contributed by atoms with Gasteiger partial charge in [0, 0.05) is 12.1 Å². The molecule has 0 saturated carbocycles. The van der Waals surface area contributed by atoms with Crippen LogP contribution in [-0.4, -0.2) is 15.0 Å². The first-order valence-corrected chi connectivity index (χ1v) is 5.30. The molecule has 1 aromatic carbocycles. The van der Waals surface area contributed by atoms with Crippen molar-refractivity contribution in [2.45, 2.75) is 19.6 Å². The Bertz CT molecular complexity index is 560. The van der Waals surface area contributed by atoms with Crippen LogP contribution in [0.3, 0.4) is 0 Å². The molecule has 0 unspecified atom stereocenters. The van der Waals surface area contributed by atoms with E-state index in [4.69, 9.17) is 5.73 Å². The van der Waals surface area contributed by atoms with Gasteiger partial charge in [-0.3, -0.25) is 0 Å². The first-order chi connectivity index (χ1) is 8.43. The molecule has 2 aromatic rings. The molecule has 0 bridgehead atoms. The largest absolute Gasteiger partial charge is 0.416 e. The van der Waals surface area contributed by atoms with Crippen molar-refractivity contribution >= 4 is 5.82 Å². The van der Waals surface area contributed by atoms with Crippen molar-refractivity contribution in [1.29, 1.82) is 0 Å². The highest BCUT2D eigenvalue weighted by molar-refractivity contribution is 5.70. The predicted molar refractivity (Wildman–Crippen MR) is 60.5 cm³/mol. The summed E-state index contributed by atoms with van der Waals surface area (Å²) in [5.74, 6) is 0.261. The number of nitrogen functional groups attached to an aromatic ring is 1. The number of aromatic nitrogens is 3. The molecule has 2 N–H and O–H groups in total. The number of aryl methyl sites for hydroxylation is 1. The Morgan fingerprint density at radius 3 is 2.61 bits per heavy atom. The monoisotopic (exact) mass is 256 g/mol. The van der Waals surface area contributed by atoms with E-state index < -0.39 is 11.7 Å². The number of halogens is 3. The van der Waals surface area contributed by atoms with Gasteiger partial charge in [-0.1, -0.05) is 17.3 Å². The molecule has 0 saturated heterocycles. The average Bonchev–Trinajstić information content (AvgIpc) is 2.69. The molecule has 2 rings (SSSR count). The highest BCUT2D eigenvalue weighted by Gasteiger charge is 2.30. The number of nitrogens with two attached hydrogens (primary N) is 1. The maximum atomic E-state index is 12.6. The summed E-state index contributed by atoms with van der Waals surface area (Å²) in [4.78, 5) is 0. The second-order valence-corrected chi connectivity index (χ2v) is 3.72. The highest BCUT2D eigenvalue weighted by Crippen LogP contribution is 2.32. The van der Waals surface area contributed by atoms with E-state index in [0.717, 1.165) is 12.1 Å². The smallest absolute Gasteiger partial charge is 0.382 e. The molecule has 0 fully saturated rings. The molecule has 96 valence electrons. The SMILES string of the molecule is CCn1nnc(-c2cccc(C(F)(F)F)c2)c1N. The minimum absolute atomic E-state index is 0.261. The van der Waals surface area contributed by atoms with Gasteiger partial charge in [0.2, 0.25) is 0 Å². The normalized spacial score (nSPS) is 11.8. The molecule has 0 radical (unpaired) electrons. The van der Waals surface area contributed by atoms with Gasteiger partial charge in [-0.05, 0) is 19.1 Å². The molecular weight excluding hydrogens is 245 g/mol. The summed E-state index contributed by atoms with van der Waals surface area (Å²) in [6.45, 7) is 2.33. The second kappa shape index (κ2) is 4.32. The zero-order chi connectivity index (χ0) is 13.3. The number of benzene rings is 1. The quantitative estimate of drug-likeness (QED) is 0.898. The first kappa shape index (κ1) is 12.4. The molecule has 1 aromatic heterocycles. The van der Waals surface area contributed by atoms with Gasteiger partial charge in [0.05, 0.1) is 5.56 Å². The van der Waals surface area contributed by atoms with Gasteiger partial charge in [-0.25, -0.2) is 4.68 Å². The minimum Gasteiger partial charge on any atom is -0.382 e. The Morgan fingerprint density at radius 1 is 1.33 bits per heavy atom. The van der Waals surface area contributed by atoms with Gasteiger partial charge in [0.25, 0.3) is 0 Å². The molecule has 1 heterocycles. The summed E-state index contributed by atoms with van der Waals surface area (Å²) >= 11 is 0. The Kier molecular flexibility index (Phi) is 2.98. The Labute approximate surface area is 101 Å². The van der Waals surface area contributed by atoms with E-state index in [-0.39, 0.29) is 11.5 Å². The van der Waals surface area contributed by atoms with Crippen LogP contribution in [0.4, 0.5) is 19.0 Å². The summed E-state index contributed by atoms with van der Waals surface area (Å²) < 4.78 is 39.2. The van der Waals surface area contributed by atoms with E-state index in [1.165, 1.54) is 16.8 Å². The van der Waals surface area contributed by atoms with Crippen molar-refractivity contribution in [1.82, 2.24) is 15.0 Å². The zero-order valence-electron chi connectivity index (χ0n) is 9.57. The molecular formula is C11H11F3N4. The van der Waals surface area contributed by atoms with Crippen LogP contribution >= 0.6 is 0 Å². The van der Waals surface area contributed by atoms with E-state index >= 15 is 0 Å². The number of nitrogens with zero attached hydrogens (tertiary/aromatic N) is 3. The van der Waals surface area contributed by atoms with Crippen LogP contribution in [0.2, 0.25) is 0 Å². The maximum absolute atomic E-state index is 12.6. The van der Waals surface area contributed by atoms with Crippen LogP contribution in [0.15, 0.2) is 24.3 Å². The minimum atomic E-state index is -4.38. The van der Waals surface area contributed by atoms with Crippen molar-refractivity contribution in [2.75, 3.05) is 5.73 Å². The fourth-order valence-corrected chi connectivity index (χ4v) is 1.60. The van der Waals surface area contributed by atoms with Gasteiger partial charge >= 0.3 is 6.18 Å². The second-order valence-electron chi connectivity index (χ2n) is 3.72. The maximum Gasteiger partial charge on any atom is 0.416 e. The molecule has 0 amide bonds. The molecule has 0 spiro atoms. The third kappa shape index (κ3) is 2.15. The third-order valence-corrected chi connectivity index (χ3v) is 2.54. The number of hydrogen-bond donors (Lipinski definition) is 1. The van der Waals surface area contributed by atoms with Crippen molar-refractivity contribution < 1.29 is 13.2 Å². The topological polar surface area (TPSA) is 56.7 Å². The third-order valence-electron chi connectivity index (χ3n) is 2.54. The summed E-state index contributed by atoms with van der Waals surface area (Å²) in [5.41, 5.74) is 5.60. The van der Waals surface area contributed by atoms with Gasteiger partial charge in [0.1, 0.15) is 11.5 Å². The predicted octanol–water partition coefficient (Wildman–Crippen LogP) is 2.57. The lowest BCUT2D eigenvalue weighted by Gasteiger charge is -2.07. The molecule has 18 heavy (non-hydrogen) atoms. The lowest BCUT2D eigenvalue weighted by atomic mass is 10.1. The molecule has 0 aliphatic heterocycles. The van der Waals surface area contributed by atoms with Crippen LogP contribution in [0.5, 0.6) is 0 Å². The first-order valence-electron chi connectivity index (χ1n) is 5.30. The van der Waals surface area contributed by atoms with Crippen LogP contribution in [0.25, 0.3) is 11.3 Å². The van der Waals surface area contributed by atoms with Crippen molar-refractivity contribution in [3.63, 3.8) is 0 Å². The Hall–Kier alpha value is -2.05. The van der Waals surface area contributed by atoms with Gasteiger partial charge in [-0.2, -0.15) is 13.2 Å². The van der Waals surface area contributed by atoms with Crippen molar-refractivity contribution in [2.24, 2.45) is 0 Å². The molecule has 7 heteroatoms. The number of alkyl halides is 3. The lowest BCUT2D eigenvalue weighted by Crippen LogP contribution is -2.05. The van der Waals surface area contributed by atoms with Crippen molar-refractivity contribution in [3.05, 3.63) is 29.8 Å². The number of rotatable bonds is 2. The molecule has 0 atom stereocenters. The Morgan fingerprint density at radius 2 is 2.06 bits per heavy atom. The van der Waals surface area contributed by atoms with Crippen molar-refractivity contribution in [3.8, 4) is 11.3 Å². The van der Waals surface area contributed by atoms with E-state index in [9.17, 15) is 13.2 Å². The average molecular weight is 256 g/mol. The van der Waals surface area contributed by atoms with Gasteiger partial charge in [0.15, 0.2) is 0 Å². The Balaban J connectivity index is 2.48. The fourth-order valence-electron chi connectivity index (χ4n) is 1.60. The van der Waals surface area contributed by atoms with E-state index in [1.54, 1.807) is 0 Å². The zero-order valence-corrected chi connectivity index (χ0v) is 9.57. The fraction of sp³-hybridized carbons (Fsp3) is 0.273. The summed E-state index contributed by atoms with van der Waals surface area (Å²) in [7, 11) is 0. The number of anilines is 1.